The fraction of sp³-hybridized carbons (Fsp3) is 0.476. The van der Waals surface area contributed by atoms with E-state index < -0.39 is 17.8 Å². The summed E-state index contributed by atoms with van der Waals surface area (Å²) in [4.78, 5) is 62.7. The highest BCUT2D eigenvalue weighted by Crippen LogP contribution is 2.24. The summed E-state index contributed by atoms with van der Waals surface area (Å²) in [6.07, 6.45) is 4.39. The van der Waals surface area contributed by atoms with Gasteiger partial charge >= 0.3 is 12.1 Å². The molecule has 1 saturated heterocycles. The normalized spacial score (nSPS) is 15.8. The van der Waals surface area contributed by atoms with Crippen molar-refractivity contribution in [3.05, 3.63) is 34.9 Å². The van der Waals surface area contributed by atoms with E-state index in [1.165, 1.54) is 4.90 Å². The molecule has 2 aliphatic heterocycles. The number of unbranched alkanes of at least 4 members (excludes halogenated alkanes) is 3. The molecule has 0 aliphatic carbocycles. The van der Waals surface area contributed by atoms with Gasteiger partial charge in [0.25, 0.3) is 11.8 Å². The highest BCUT2D eigenvalue weighted by atomic mass is 16.2. The van der Waals surface area contributed by atoms with Crippen molar-refractivity contribution < 1.29 is 24.0 Å². The van der Waals surface area contributed by atoms with E-state index in [1.54, 1.807) is 18.2 Å². The van der Waals surface area contributed by atoms with Gasteiger partial charge in [-0.3, -0.25) is 24.6 Å². The van der Waals surface area contributed by atoms with Gasteiger partial charge < -0.3 is 15.5 Å². The molecule has 7 amide bonds. The topological polar surface area (TPSA) is 128 Å². The van der Waals surface area contributed by atoms with Gasteiger partial charge in [-0.05, 0) is 24.1 Å². The summed E-state index contributed by atoms with van der Waals surface area (Å²) >= 11 is 0. The molecule has 166 valence electrons. The fourth-order valence-corrected chi connectivity index (χ4v) is 3.48. The summed E-state index contributed by atoms with van der Waals surface area (Å²) in [6, 6.07) is 3.90. The van der Waals surface area contributed by atoms with Crippen molar-refractivity contribution in [2.75, 3.05) is 19.8 Å². The highest BCUT2D eigenvalue weighted by Gasteiger charge is 2.38. The predicted molar refractivity (Wildman–Crippen MR) is 111 cm³/mol. The maximum Gasteiger partial charge on any atom is 0.325 e. The minimum Gasteiger partial charge on any atom is -0.338 e. The minimum atomic E-state index is -0.626. The van der Waals surface area contributed by atoms with Gasteiger partial charge in [0.1, 0.15) is 6.67 Å². The van der Waals surface area contributed by atoms with Gasteiger partial charge in [0.05, 0.1) is 11.1 Å². The summed E-state index contributed by atoms with van der Waals surface area (Å²) in [6.45, 7) is 2.86. The van der Waals surface area contributed by atoms with Crippen LogP contribution in [0.3, 0.4) is 0 Å². The molecule has 0 bridgehead atoms. The maximum absolute atomic E-state index is 12.7. The van der Waals surface area contributed by atoms with E-state index in [2.05, 4.69) is 22.9 Å². The molecule has 1 aromatic carbocycles. The highest BCUT2D eigenvalue weighted by molar-refractivity contribution is 6.21. The molecule has 0 atom stereocenters. The Bertz CT molecular complexity index is 900. The number of hydrogen-bond acceptors (Lipinski definition) is 5. The first-order valence-corrected chi connectivity index (χ1v) is 10.5. The number of urea groups is 2. The molecule has 1 aromatic rings. The lowest BCUT2D eigenvalue weighted by atomic mass is 10.1. The Morgan fingerprint density at radius 1 is 1.03 bits per heavy atom. The Balaban J connectivity index is 1.55. The molecule has 0 spiro atoms. The van der Waals surface area contributed by atoms with Crippen LogP contribution in [0.4, 0.5) is 9.59 Å². The number of benzene rings is 1. The number of fused-ring (bicyclic) bond motifs is 1. The SMILES string of the molecule is CCCCCCNC(=O)NCc1ccc2c(c1)C(=O)N(CN1CCC(=O)NC1=O)C2=O. The Labute approximate surface area is 180 Å². The Morgan fingerprint density at radius 3 is 2.55 bits per heavy atom. The zero-order valence-electron chi connectivity index (χ0n) is 17.5. The third-order valence-corrected chi connectivity index (χ3v) is 5.26. The molecule has 31 heavy (non-hydrogen) atoms. The fourth-order valence-electron chi connectivity index (χ4n) is 3.48. The third kappa shape index (κ3) is 5.39. The molecule has 2 heterocycles. The summed E-state index contributed by atoms with van der Waals surface area (Å²) in [5.74, 6) is -1.38. The molecule has 0 unspecified atom stereocenters. The van der Waals surface area contributed by atoms with E-state index in [-0.39, 0.29) is 49.2 Å². The second kappa shape index (κ2) is 10.1. The van der Waals surface area contributed by atoms with Crippen molar-refractivity contribution in [1.29, 1.82) is 0 Å². The lowest BCUT2D eigenvalue weighted by molar-refractivity contribution is -0.121. The van der Waals surface area contributed by atoms with Crippen LogP contribution >= 0.6 is 0 Å². The molecule has 2 aliphatic rings. The molecule has 0 aromatic heterocycles. The van der Waals surface area contributed by atoms with E-state index in [4.69, 9.17) is 0 Å². The molecule has 10 nitrogen and oxygen atoms in total. The van der Waals surface area contributed by atoms with Crippen LogP contribution in [0.1, 0.15) is 65.3 Å². The predicted octanol–water partition coefficient (Wildman–Crippen LogP) is 1.56. The summed E-state index contributed by atoms with van der Waals surface area (Å²) in [7, 11) is 0. The lowest BCUT2D eigenvalue weighted by Gasteiger charge is -2.29. The van der Waals surface area contributed by atoms with Gasteiger partial charge in [-0.15, -0.1) is 0 Å². The van der Waals surface area contributed by atoms with Crippen molar-refractivity contribution in [3.8, 4) is 0 Å². The van der Waals surface area contributed by atoms with E-state index in [0.29, 0.717) is 12.1 Å². The third-order valence-electron chi connectivity index (χ3n) is 5.26. The van der Waals surface area contributed by atoms with Gasteiger partial charge in [-0.1, -0.05) is 32.3 Å². The number of nitrogens with one attached hydrogen (secondary N) is 3. The lowest BCUT2D eigenvalue weighted by Crippen LogP contribution is -2.53. The minimum absolute atomic E-state index is 0.116. The van der Waals surface area contributed by atoms with Crippen LogP contribution in [0.5, 0.6) is 0 Å². The summed E-state index contributed by atoms with van der Waals surface area (Å²) in [5.41, 5.74) is 1.17. The van der Waals surface area contributed by atoms with Gasteiger partial charge in [-0.2, -0.15) is 0 Å². The van der Waals surface area contributed by atoms with E-state index in [9.17, 15) is 24.0 Å². The van der Waals surface area contributed by atoms with Crippen LogP contribution in [0.25, 0.3) is 0 Å². The quantitative estimate of drug-likeness (QED) is 0.405. The van der Waals surface area contributed by atoms with Crippen LogP contribution in [-0.4, -0.2) is 59.3 Å². The van der Waals surface area contributed by atoms with Crippen LogP contribution in [0.15, 0.2) is 18.2 Å². The summed E-state index contributed by atoms with van der Waals surface area (Å²) < 4.78 is 0. The number of carbonyl (C=O) groups excluding carboxylic acids is 5. The number of rotatable bonds is 9. The number of nitrogens with zero attached hydrogens (tertiary/aromatic N) is 2. The average molecular weight is 429 g/mol. The molecule has 3 N–H and O–H groups in total. The zero-order chi connectivity index (χ0) is 22.4. The van der Waals surface area contributed by atoms with Crippen LogP contribution in [0.2, 0.25) is 0 Å². The second-order valence-electron chi connectivity index (χ2n) is 7.60. The summed E-state index contributed by atoms with van der Waals surface area (Å²) in [5, 5.41) is 7.70. The molecule has 0 radical (unpaired) electrons. The first-order chi connectivity index (χ1) is 14.9. The smallest absolute Gasteiger partial charge is 0.325 e. The molecule has 1 fully saturated rings. The van der Waals surface area contributed by atoms with Crippen LogP contribution in [0, 0.1) is 0 Å². The van der Waals surface area contributed by atoms with Crippen LogP contribution < -0.4 is 16.0 Å². The van der Waals surface area contributed by atoms with E-state index in [1.807, 2.05) is 0 Å². The molecule has 3 rings (SSSR count). The van der Waals surface area contributed by atoms with Crippen LogP contribution in [-0.2, 0) is 11.3 Å². The Hall–Kier alpha value is -3.43. The van der Waals surface area contributed by atoms with Gasteiger partial charge in [0.2, 0.25) is 5.91 Å². The number of hydrogen-bond donors (Lipinski definition) is 3. The number of imide groups is 2. The Kier molecular flexibility index (Phi) is 7.22. The molecular formula is C21H27N5O5. The Morgan fingerprint density at radius 2 is 1.81 bits per heavy atom. The van der Waals surface area contributed by atoms with Crippen molar-refractivity contribution in [3.63, 3.8) is 0 Å². The van der Waals surface area contributed by atoms with Gasteiger partial charge in [-0.25, -0.2) is 9.59 Å². The largest absolute Gasteiger partial charge is 0.338 e. The van der Waals surface area contributed by atoms with Gasteiger partial charge in [0, 0.05) is 26.1 Å². The standard InChI is InChI=1S/C21H27N5O5/c1-2-3-4-5-9-22-20(30)23-12-14-6-7-15-16(11-14)19(29)26(18(15)28)13-25-10-8-17(27)24-21(25)31/h6-7,11H,2-5,8-10,12-13H2,1H3,(H2,22,23,30)(H,24,27,31). The van der Waals surface area contributed by atoms with Crippen molar-refractivity contribution >= 4 is 29.8 Å². The molecule has 0 saturated carbocycles. The number of amides is 7. The number of carbonyl (C=O) groups is 5. The maximum atomic E-state index is 12.7. The monoisotopic (exact) mass is 429 g/mol. The zero-order valence-corrected chi connectivity index (χ0v) is 17.5. The van der Waals surface area contributed by atoms with Crippen molar-refractivity contribution in [1.82, 2.24) is 25.8 Å². The first kappa shape index (κ1) is 22.3. The molecular weight excluding hydrogens is 402 g/mol. The van der Waals surface area contributed by atoms with E-state index >= 15 is 0 Å². The van der Waals surface area contributed by atoms with E-state index in [0.717, 1.165) is 30.6 Å². The van der Waals surface area contributed by atoms with Crippen molar-refractivity contribution in [2.45, 2.75) is 45.6 Å². The molecule has 10 heteroatoms. The average Bonchev–Trinajstić information content (AvgIpc) is 2.98. The second-order valence-corrected chi connectivity index (χ2v) is 7.60. The van der Waals surface area contributed by atoms with Gasteiger partial charge in [0.15, 0.2) is 0 Å². The first-order valence-electron chi connectivity index (χ1n) is 10.5. The van der Waals surface area contributed by atoms with Crippen molar-refractivity contribution in [2.24, 2.45) is 0 Å².